The molecule has 0 unspecified atom stereocenters. The van der Waals surface area contributed by atoms with Crippen LogP contribution in [-0.2, 0) is 4.79 Å². The molecule has 8 heteroatoms. The fourth-order valence-electron chi connectivity index (χ4n) is 2.51. The van der Waals surface area contributed by atoms with E-state index in [2.05, 4.69) is 26.2 Å². The van der Waals surface area contributed by atoms with Crippen LogP contribution in [0.15, 0.2) is 73.4 Å². The molecule has 0 spiro atoms. The third kappa shape index (κ3) is 4.20. The van der Waals surface area contributed by atoms with E-state index < -0.39 is 0 Å². The number of aliphatic imine (C=N–C) groups is 1. The molecule has 0 radical (unpaired) electrons. The van der Waals surface area contributed by atoms with Crippen LogP contribution in [-0.4, -0.2) is 11.1 Å². The standard InChI is InChI=1S/C20H11BrCl2N2O2S/c21-11-4-6-12(7-5-11)24-20-25-19(26)17(28-20)10-13-8-9-16(27-13)14-2-1-3-15(22)18(14)23/h1-10H,(H,24,25,26)/b17-10-. The molecule has 1 aromatic heterocycles. The lowest BCUT2D eigenvalue weighted by molar-refractivity contribution is -0.115. The highest BCUT2D eigenvalue weighted by Gasteiger charge is 2.24. The summed E-state index contributed by atoms with van der Waals surface area (Å²) in [6.07, 6.45) is 1.67. The van der Waals surface area contributed by atoms with E-state index in [-0.39, 0.29) is 5.91 Å². The summed E-state index contributed by atoms with van der Waals surface area (Å²) in [5.74, 6) is 0.889. The van der Waals surface area contributed by atoms with Gasteiger partial charge in [0.15, 0.2) is 5.17 Å². The molecule has 0 saturated carbocycles. The second-order valence-electron chi connectivity index (χ2n) is 5.76. The van der Waals surface area contributed by atoms with Gasteiger partial charge in [-0.15, -0.1) is 0 Å². The van der Waals surface area contributed by atoms with Crippen LogP contribution in [0.5, 0.6) is 0 Å². The number of carbonyl (C=O) groups excluding carboxylic acids is 1. The van der Waals surface area contributed by atoms with Gasteiger partial charge in [0.05, 0.1) is 20.6 Å². The fourth-order valence-corrected chi connectivity index (χ4v) is 3.99. The van der Waals surface area contributed by atoms with E-state index in [0.29, 0.717) is 37.2 Å². The van der Waals surface area contributed by atoms with Crippen LogP contribution in [0, 0.1) is 0 Å². The summed E-state index contributed by atoms with van der Waals surface area (Å²) in [4.78, 5) is 17.2. The molecule has 0 aliphatic carbocycles. The largest absolute Gasteiger partial charge is 0.457 e. The highest BCUT2D eigenvalue weighted by Crippen LogP contribution is 2.35. The summed E-state index contributed by atoms with van der Waals surface area (Å²) in [5, 5.41) is 4.15. The Morgan fingerprint density at radius 3 is 2.64 bits per heavy atom. The van der Waals surface area contributed by atoms with Gasteiger partial charge in [-0.05, 0) is 60.3 Å². The van der Waals surface area contributed by atoms with Gasteiger partial charge in [-0.1, -0.05) is 45.2 Å². The summed E-state index contributed by atoms with van der Waals surface area (Å²) in [5.41, 5.74) is 1.45. The summed E-state index contributed by atoms with van der Waals surface area (Å²) >= 11 is 16.9. The van der Waals surface area contributed by atoms with Gasteiger partial charge in [-0.2, -0.15) is 0 Å². The van der Waals surface area contributed by atoms with Crippen molar-refractivity contribution in [2.75, 3.05) is 0 Å². The average molecular weight is 494 g/mol. The lowest BCUT2D eigenvalue weighted by Gasteiger charge is -2.01. The fraction of sp³-hybridized carbons (Fsp3) is 0. The Morgan fingerprint density at radius 1 is 1.07 bits per heavy atom. The van der Waals surface area contributed by atoms with Gasteiger partial charge >= 0.3 is 0 Å². The van der Waals surface area contributed by atoms with Crippen LogP contribution in [0.4, 0.5) is 5.69 Å². The van der Waals surface area contributed by atoms with Crippen molar-refractivity contribution in [1.82, 2.24) is 5.32 Å². The van der Waals surface area contributed by atoms with Crippen LogP contribution in [0.3, 0.4) is 0 Å². The summed E-state index contributed by atoms with van der Waals surface area (Å²) in [7, 11) is 0. The van der Waals surface area contributed by atoms with E-state index in [1.807, 2.05) is 30.3 Å². The number of hydrogen-bond donors (Lipinski definition) is 1. The number of benzene rings is 2. The topological polar surface area (TPSA) is 54.6 Å². The maximum atomic E-state index is 12.2. The zero-order valence-corrected chi connectivity index (χ0v) is 18.0. The Bertz CT molecular complexity index is 1120. The van der Waals surface area contributed by atoms with Crippen LogP contribution in [0.25, 0.3) is 17.4 Å². The van der Waals surface area contributed by atoms with Crippen molar-refractivity contribution in [3.05, 3.63) is 79.8 Å². The number of rotatable bonds is 3. The van der Waals surface area contributed by atoms with Gasteiger partial charge in [0, 0.05) is 16.1 Å². The number of thioether (sulfide) groups is 1. The number of amides is 1. The van der Waals surface area contributed by atoms with E-state index in [1.54, 1.807) is 30.3 Å². The third-order valence-electron chi connectivity index (χ3n) is 3.83. The predicted octanol–water partition coefficient (Wildman–Crippen LogP) is 6.91. The second kappa shape index (κ2) is 8.17. The molecule has 1 saturated heterocycles. The zero-order chi connectivity index (χ0) is 19.7. The molecule has 1 N–H and O–H groups in total. The van der Waals surface area contributed by atoms with Crippen molar-refractivity contribution in [3.8, 4) is 11.3 Å². The molecule has 4 nitrogen and oxygen atoms in total. The molecule has 4 rings (SSSR count). The number of carbonyl (C=O) groups is 1. The van der Waals surface area contributed by atoms with Crippen molar-refractivity contribution < 1.29 is 9.21 Å². The first-order chi connectivity index (χ1) is 13.5. The number of hydrogen-bond acceptors (Lipinski definition) is 4. The van der Waals surface area contributed by atoms with Crippen molar-refractivity contribution in [3.63, 3.8) is 0 Å². The summed E-state index contributed by atoms with van der Waals surface area (Å²) in [6, 6.07) is 16.4. The van der Waals surface area contributed by atoms with E-state index in [0.717, 1.165) is 10.2 Å². The van der Waals surface area contributed by atoms with Gasteiger partial charge < -0.3 is 9.73 Å². The van der Waals surface area contributed by atoms with E-state index in [1.165, 1.54) is 11.8 Å². The first-order valence-electron chi connectivity index (χ1n) is 8.09. The lowest BCUT2D eigenvalue weighted by atomic mass is 10.2. The molecule has 0 bridgehead atoms. The molecule has 140 valence electrons. The second-order valence-corrected chi connectivity index (χ2v) is 8.49. The molecular formula is C20H11BrCl2N2O2S. The number of nitrogens with one attached hydrogen (secondary N) is 1. The normalized spacial score (nSPS) is 16.8. The van der Waals surface area contributed by atoms with E-state index in [4.69, 9.17) is 27.6 Å². The molecule has 2 heterocycles. The molecule has 1 amide bonds. The van der Waals surface area contributed by atoms with Gasteiger partial charge in [0.1, 0.15) is 11.5 Å². The van der Waals surface area contributed by atoms with Gasteiger partial charge in [0.2, 0.25) is 0 Å². The maximum absolute atomic E-state index is 12.2. The molecule has 3 aromatic rings. The zero-order valence-electron chi connectivity index (χ0n) is 14.1. The molecular weight excluding hydrogens is 483 g/mol. The SMILES string of the molecule is O=C1NC(=Nc2ccc(Br)cc2)S/C1=C\c1ccc(-c2cccc(Cl)c2Cl)o1. The Balaban J connectivity index is 1.56. The number of furan rings is 1. The van der Waals surface area contributed by atoms with Crippen molar-refractivity contribution in [1.29, 1.82) is 0 Å². The highest BCUT2D eigenvalue weighted by atomic mass is 79.9. The first kappa shape index (κ1) is 19.3. The first-order valence-corrected chi connectivity index (χ1v) is 10.5. The van der Waals surface area contributed by atoms with Crippen LogP contribution in [0.1, 0.15) is 5.76 Å². The van der Waals surface area contributed by atoms with E-state index in [9.17, 15) is 4.79 Å². The Labute approximate surface area is 183 Å². The number of nitrogens with zero attached hydrogens (tertiary/aromatic N) is 1. The summed E-state index contributed by atoms with van der Waals surface area (Å²) in [6.45, 7) is 0. The van der Waals surface area contributed by atoms with Crippen LogP contribution < -0.4 is 5.32 Å². The maximum Gasteiger partial charge on any atom is 0.264 e. The van der Waals surface area contributed by atoms with Crippen LogP contribution >= 0.6 is 50.9 Å². The molecule has 1 aliphatic heterocycles. The van der Waals surface area contributed by atoms with Crippen LogP contribution in [0.2, 0.25) is 10.0 Å². The quantitative estimate of drug-likeness (QED) is 0.403. The van der Waals surface area contributed by atoms with Gasteiger partial charge in [0.25, 0.3) is 5.91 Å². The number of halogens is 3. The van der Waals surface area contributed by atoms with Gasteiger partial charge in [-0.25, -0.2) is 4.99 Å². The third-order valence-corrected chi connectivity index (χ3v) is 6.08. The summed E-state index contributed by atoms with van der Waals surface area (Å²) < 4.78 is 6.79. The highest BCUT2D eigenvalue weighted by molar-refractivity contribution is 9.10. The molecule has 1 fully saturated rings. The number of amidine groups is 1. The van der Waals surface area contributed by atoms with Crippen molar-refractivity contribution in [2.45, 2.75) is 0 Å². The molecule has 28 heavy (non-hydrogen) atoms. The smallest absolute Gasteiger partial charge is 0.264 e. The Morgan fingerprint density at radius 2 is 1.86 bits per heavy atom. The average Bonchev–Trinajstić information content (AvgIpc) is 3.26. The minimum absolute atomic E-state index is 0.223. The van der Waals surface area contributed by atoms with Gasteiger partial charge in [-0.3, -0.25) is 4.79 Å². The van der Waals surface area contributed by atoms with Crippen molar-refractivity contribution >= 4 is 73.7 Å². The predicted molar refractivity (Wildman–Crippen MR) is 119 cm³/mol. The van der Waals surface area contributed by atoms with Crippen molar-refractivity contribution in [2.24, 2.45) is 4.99 Å². The Hall–Kier alpha value is -1.99. The van der Waals surface area contributed by atoms with E-state index >= 15 is 0 Å². The minimum Gasteiger partial charge on any atom is -0.457 e. The molecule has 1 aliphatic rings. The Kier molecular flexibility index (Phi) is 5.64. The minimum atomic E-state index is -0.223. The monoisotopic (exact) mass is 492 g/mol. The molecule has 2 aromatic carbocycles. The lowest BCUT2D eigenvalue weighted by Crippen LogP contribution is -2.19. The molecule has 0 atom stereocenters.